The molecule has 0 bridgehead atoms. The second-order valence-electron chi connectivity index (χ2n) is 7.53. The summed E-state index contributed by atoms with van der Waals surface area (Å²) in [5.74, 6) is -1.52. The van der Waals surface area contributed by atoms with E-state index in [1.54, 1.807) is 0 Å². The number of methoxy groups -OCH3 is 1. The molecule has 188 valence electrons. The fourth-order valence-corrected chi connectivity index (χ4v) is 5.08. The Morgan fingerprint density at radius 1 is 1.06 bits per heavy atom. The molecule has 9 nitrogen and oxygen atoms in total. The minimum atomic E-state index is -4.35. The van der Waals surface area contributed by atoms with Crippen LogP contribution in [0.2, 0.25) is 5.02 Å². The molecule has 3 aromatic carbocycles. The van der Waals surface area contributed by atoms with E-state index in [1.165, 1.54) is 55.6 Å². The number of carbonyl (C=O) groups excluding carboxylic acids is 2. The number of carbonyl (C=O) groups is 2. The maximum Gasteiger partial charge on any atom is 0.339 e. The Morgan fingerprint density at radius 2 is 1.81 bits per heavy atom. The Labute approximate surface area is 211 Å². The number of benzene rings is 3. The molecule has 0 aliphatic carbocycles. The van der Waals surface area contributed by atoms with Crippen LogP contribution in [0.15, 0.2) is 65.6 Å². The van der Waals surface area contributed by atoms with Gasteiger partial charge in [0.15, 0.2) is 11.5 Å². The standard InChI is InChI=1S/C24H20ClFN2O7S/c1-33-24(30)19-12-16(5-7-20(19)25)27-23(29)14-28(17-4-2-3-15(26)11-17)36(31,32)18-6-8-21-22(13-18)35-10-9-34-21/h2-8,11-13H,9-10,14H2,1H3,(H,27,29). The zero-order valence-corrected chi connectivity index (χ0v) is 20.4. The molecule has 0 radical (unpaired) electrons. The van der Waals surface area contributed by atoms with Crippen LogP contribution >= 0.6 is 11.6 Å². The number of amides is 1. The van der Waals surface area contributed by atoms with E-state index in [0.717, 1.165) is 16.4 Å². The minimum Gasteiger partial charge on any atom is -0.486 e. The SMILES string of the molecule is COC(=O)c1cc(NC(=O)CN(c2cccc(F)c2)S(=O)(=O)c2ccc3c(c2)OCCO3)ccc1Cl. The van der Waals surface area contributed by atoms with Crippen LogP contribution in [0.25, 0.3) is 0 Å². The molecule has 0 saturated heterocycles. The van der Waals surface area contributed by atoms with Crippen molar-refractivity contribution in [3.63, 3.8) is 0 Å². The number of nitrogens with one attached hydrogen (secondary N) is 1. The molecule has 12 heteroatoms. The van der Waals surface area contributed by atoms with Gasteiger partial charge in [0, 0.05) is 11.8 Å². The van der Waals surface area contributed by atoms with Gasteiger partial charge in [0.2, 0.25) is 5.91 Å². The third kappa shape index (κ3) is 5.37. The van der Waals surface area contributed by atoms with Crippen molar-refractivity contribution < 1.29 is 36.6 Å². The van der Waals surface area contributed by atoms with Crippen molar-refractivity contribution in [2.24, 2.45) is 0 Å². The zero-order chi connectivity index (χ0) is 25.9. The molecule has 0 fully saturated rings. The van der Waals surface area contributed by atoms with Crippen LogP contribution in [0.5, 0.6) is 11.5 Å². The van der Waals surface area contributed by atoms with E-state index >= 15 is 0 Å². The molecule has 0 unspecified atom stereocenters. The van der Waals surface area contributed by atoms with Crippen molar-refractivity contribution in [1.29, 1.82) is 0 Å². The van der Waals surface area contributed by atoms with Crippen molar-refractivity contribution >= 4 is 44.9 Å². The van der Waals surface area contributed by atoms with Gasteiger partial charge < -0.3 is 19.5 Å². The van der Waals surface area contributed by atoms with E-state index in [4.69, 9.17) is 21.1 Å². The van der Waals surface area contributed by atoms with E-state index < -0.39 is 34.3 Å². The molecule has 1 N–H and O–H groups in total. The minimum absolute atomic E-state index is 0.0165. The number of nitrogens with zero attached hydrogens (tertiary/aromatic N) is 1. The van der Waals surface area contributed by atoms with Gasteiger partial charge in [-0.15, -0.1) is 0 Å². The van der Waals surface area contributed by atoms with Crippen molar-refractivity contribution in [3.8, 4) is 11.5 Å². The number of hydrogen-bond donors (Lipinski definition) is 1. The summed E-state index contributed by atoms with van der Waals surface area (Å²) in [5.41, 5.74) is 0.134. The third-order valence-corrected chi connectivity index (χ3v) is 7.24. The number of halogens is 2. The smallest absolute Gasteiger partial charge is 0.339 e. The van der Waals surface area contributed by atoms with E-state index in [9.17, 15) is 22.4 Å². The lowest BCUT2D eigenvalue weighted by Crippen LogP contribution is -2.38. The Bertz CT molecular complexity index is 1430. The average Bonchev–Trinajstić information content (AvgIpc) is 2.87. The van der Waals surface area contributed by atoms with Crippen LogP contribution in [-0.4, -0.2) is 47.2 Å². The number of anilines is 2. The molecule has 36 heavy (non-hydrogen) atoms. The number of sulfonamides is 1. The number of ether oxygens (including phenoxy) is 3. The fourth-order valence-electron chi connectivity index (χ4n) is 3.46. The zero-order valence-electron chi connectivity index (χ0n) is 18.9. The van der Waals surface area contributed by atoms with Gasteiger partial charge >= 0.3 is 5.97 Å². The number of esters is 1. The van der Waals surface area contributed by atoms with Crippen LogP contribution in [0.1, 0.15) is 10.4 Å². The average molecular weight is 535 g/mol. The lowest BCUT2D eigenvalue weighted by molar-refractivity contribution is -0.114. The molecule has 4 rings (SSSR count). The van der Waals surface area contributed by atoms with Gasteiger partial charge in [0.1, 0.15) is 25.6 Å². The number of hydrogen-bond acceptors (Lipinski definition) is 7. The summed E-state index contributed by atoms with van der Waals surface area (Å²) in [6.07, 6.45) is 0. The summed E-state index contributed by atoms with van der Waals surface area (Å²) >= 11 is 6.01. The van der Waals surface area contributed by atoms with Gasteiger partial charge in [-0.2, -0.15) is 0 Å². The van der Waals surface area contributed by atoms with Crippen LogP contribution < -0.4 is 19.1 Å². The Kier molecular flexibility index (Phi) is 7.32. The molecule has 0 aromatic heterocycles. The van der Waals surface area contributed by atoms with Crippen LogP contribution in [0, 0.1) is 5.82 Å². The first-order chi connectivity index (χ1) is 17.2. The maximum atomic E-state index is 14.0. The first-order valence-electron chi connectivity index (χ1n) is 10.5. The van der Waals surface area contributed by atoms with Gasteiger partial charge in [-0.25, -0.2) is 17.6 Å². The lowest BCUT2D eigenvalue weighted by atomic mass is 10.2. The summed E-state index contributed by atoms with van der Waals surface area (Å²) in [6, 6.07) is 13.0. The summed E-state index contributed by atoms with van der Waals surface area (Å²) in [4.78, 5) is 24.6. The van der Waals surface area contributed by atoms with E-state index in [1.807, 2.05) is 0 Å². The van der Waals surface area contributed by atoms with Gasteiger partial charge in [0.05, 0.1) is 28.3 Å². The molecule has 1 aliphatic heterocycles. The largest absolute Gasteiger partial charge is 0.486 e. The monoisotopic (exact) mass is 534 g/mol. The highest BCUT2D eigenvalue weighted by Gasteiger charge is 2.29. The van der Waals surface area contributed by atoms with Crippen LogP contribution in [0.3, 0.4) is 0 Å². The van der Waals surface area contributed by atoms with Crippen molar-refractivity contribution in [3.05, 3.63) is 77.1 Å². The Morgan fingerprint density at radius 3 is 2.53 bits per heavy atom. The highest BCUT2D eigenvalue weighted by molar-refractivity contribution is 7.92. The maximum absolute atomic E-state index is 14.0. The summed E-state index contributed by atoms with van der Waals surface area (Å²) in [7, 11) is -3.16. The second-order valence-corrected chi connectivity index (χ2v) is 9.80. The Hall–Kier alpha value is -3.83. The predicted octanol–water partition coefficient (Wildman–Crippen LogP) is 3.87. The normalized spacial score (nSPS) is 12.5. The van der Waals surface area contributed by atoms with E-state index in [-0.39, 0.29) is 39.2 Å². The van der Waals surface area contributed by atoms with Gasteiger partial charge in [-0.3, -0.25) is 9.10 Å². The molecule has 0 atom stereocenters. The molecule has 3 aromatic rings. The first kappa shape index (κ1) is 25.3. The second kappa shape index (κ2) is 10.4. The third-order valence-electron chi connectivity index (χ3n) is 5.14. The van der Waals surface area contributed by atoms with Crippen LogP contribution in [0.4, 0.5) is 15.8 Å². The lowest BCUT2D eigenvalue weighted by Gasteiger charge is -2.25. The summed E-state index contributed by atoms with van der Waals surface area (Å²) in [5, 5.41) is 2.64. The van der Waals surface area contributed by atoms with Crippen molar-refractivity contribution in [1.82, 2.24) is 0 Å². The molecular weight excluding hydrogens is 515 g/mol. The van der Waals surface area contributed by atoms with Gasteiger partial charge in [-0.1, -0.05) is 17.7 Å². The first-order valence-corrected chi connectivity index (χ1v) is 12.4. The highest BCUT2D eigenvalue weighted by Crippen LogP contribution is 2.34. The number of fused-ring (bicyclic) bond motifs is 1. The summed E-state index contributed by atoms with van der Waals surface area (Å²) in [6.45, 7) is -0.116. The van der Waals surface area contributed by atoms with Crippen molar-refractivity contribution in [2.45, 2.75) is 4.90 Å². The molecule has 1 heterocycles. The van der Waals surface area contributed by atoms with Crippen molar-refractivity contribution in [2.75, 3.05) is 36.5 Å². The predicted molar refractivity (Wildman–Crippen MR) is 130 cm³/mol. The molecular formula is C24H20ClFN2O7S. The summed E-state index contributed by atoms with van der Waals surface area (Å²) < 4.78 is 57.5. The Balaban J connectivity index is 1.66. The molecule has 0 saturated carbocycles. The molecule has 0 spiro atoms. The van der Waals surface area contributed by atoms with E-state index in [2.05, 4.69) is 10.1 Å². The number of rotatable bonds is 7. The van der Waals surface area contributed by atoms with E-state index in [0.29, 0.717) is 12.4 Å². The molecule has 1 amide bonds. The van der Waals surface area contributed by atoms with Gasteiger partial charge in [0.25, 0.3) is 10.0 Å². The fraction of sp³-hybridized carbons (Fsp3) is 0.167. The molecule has 1 aliphatic rings. The van der Waals surface area contributed by atoms with Crippen LogP contribution in [-0.2, 0) is 19.6 Å². The highest BCUT2D eigenvalue weighted by atomic mass is 35.5. The topological polar surface area (TPSA) is 111 Å². The quantitative estimate of drug-likeness (QED) is 0.458. The van der Waals surface area contributed by atoms with Gasteiger partial charge in [-0.05, 0) is 48.5 Å².